The summed E-state index contributed by atoms with van der Waals surface area (Å²) in [6.45, 7) is 0. The van der Waals surface area contributed by atoms with Crippen molar-refractivity contribution in [2.24, 2.45) is 0 Å². The summed E-state index contributed by atoms with van der Waals surface area (Å²) in [4.78, 5) is 0. The number of ether oxygens (including phenoxy) is 2. The second kappa shape index (κ2) is 8.23. The minimum atomic E-state index is -0.645. The van der Waals surface area contributed by atoms with Gasteiger partial charge in [-0.15, -0.1) is 0 Å². The van der Waals surface area contributed by atoms with Gasteiger partial charge in [0.05, 0.1) is 4.47 Å². The molecule has 3 aromatic carbocycles. The zero-order chi connectivity index (χ0) is 20.5. The molecule has 0 radical (unpaired) electrons. The van der Waals surface area contributed by atoms with E-state index in [0.717, 1.165) is 21.3 Å². The van der Waals surface area contributed by atoms with Crippen molar-refractivity contribution in [2.45, 2.75) is 24.4 Å². The summed E-state index contributed by atoms with van der Waals surface area (Å²) in [6, 6.07) is 23.9. The Bertz CT molecular complexity index is 1090. The number of halogens is 1. The highest BCUT2D eigenvalue weighted by atomic mass is 79.9. The van der Waals surface area contributed by atoms with Crippen LogP contribution in [0.4, 0.5) is 0 Å². The second-order valence-corrected chi connectivity index (χ2v) is 8.29. The maximum Gasteiger partial charge on any atom is 0.147 e. The monoisotopic (exact) mass is 460 g/mol. The van der Waals surface area contributed by atoms with Gasteiger partial charge in [-0.2, -0.15) is 0 Å². The summed E-state index contributed by atoms with van der Waals surface area (Å²) in [5.74, 6) is 0.732. The molecule has 3 aliphatic rings. The van der Waals surface area contributed by atoms with Crippen molar-refractivity contribution in [3.8, 4) is 5.75 Å². The summed E-state index contributed by atoms with van der Waals surface area (Å²) in [5.41, 5.74) is 4.64. The van der Waals surface area contributed by atoms with Crippen molar-refractivity contribution in [3.05, 3.63) is 118 Å². The van der Waals surface area contributed by atoms with Gasteiger partial charge in [0.25, 0.3) is 0 Å². The van der Waals surface area contributed by atoms with Crippen LogP contribution in [0.2, 0.25) is 0 Å². The molecule has 2 unspecified atom stereocenters. The molecule has 0 spiro atoms. The average molecular weight is 461 g/mol. The first-order chi connectivity index (χ1) is 14.7. The molecule has 0 saturated heterocycles. The highest BCUT2D eigenvalue weighted by molar-refractivity contribution is 9.10. The van der Waals surface area contributed by atoms with Crippen LogP contribution >= 0.6 is 15.9 Å². The Morgan fingerprint density at radius 2 is 1.33 bits per heavy atom. The van der Waals surface area contributed by atoms with Gasteiger partial charge in [0.2, 0.25) is 0 Å². The minimum absolute atomic E-state index is 0.246. The van der Waals surface area contributed by atoms with E-state index in [2.05, 4.69) is 52.3 Å². The first kappa shape index (κ1) is 19.3. The smallest absolute Gasteiger partial charge is 0.147 e. The molecule has 2 aliphatic heterocycles. The number of fused-ring (bicyclic) bond motifs is 6. The highest BCUT2D eigenvalue weighted by Crippen LogP contribution is 2.45. The molecule has 1 N–H and O–H groups in total. The van der Waals surface area contributed by atoms with Crippen molar-refractivity contribution in [3.63, 3.8) is 0 Å². The molecule has 0 amide bonds. The molecule has 0 saturated carbocycles. The lowest BCUT2D eigenvalue weighted by Gasteiger charge is -2.26. The third-order valence-corrected chi connectivity index (χ3v) is 6.21. The maximum absolute atomic E-state index is 10.4. The highest BCUT2D eigenvalue weighted by Gasteiger charge is 2.32. The lowest BCUT2D eigenvalue weighted by atomic mass is 9.93. The third-order valence-electron chi connectivity index (χ3n) is 5.55. The Morgan fingerprint density at radius 1 is 0.733 bits per heavy atom. The topological polar surface area (TPSA) is 38.7 Å². The molecule has 2 heterocycles. The van der Waals surface area contributed by atoms with Crippen LogP contribution in [0, 0.1) is 0 Å². The molecule has 0 fully saturated rings. The van der Waals surface area contributed by atoms with Crippen LogP contribution in [0.5, 0.6) is 5.75 Å². The number of benzene rings is 3. The van der Waals surface area contributed by atoms with Crippen LogP contribution in [0.1, 0.15) is 40.6 Å². The molecule has 150 valence electrons. The van der Waals surface area contributed by atoms with E-state index >= 15 is 0 Å². The zero-order valence-corrected chi connectivity index (χ0v) is 17.8. The van der Waals surface area contributed by atoms with Crippen molar-refractivity contribution < 1.29 is 14.6 Å². The Kier molecular flexibility index (Phi) is 5.30. The van der Waals surface area contributed by atoms with Gasteiger partial charge in [-0.3, -0.25) is 0 Å². The molecule has 30 heavy (non-hydrogen) atoms. The quantitative estimate of drug-likeness (QED) is 0.454. The lowest BCUT2D eigenvalue weighted by Crippen LogP contribution is -2.26. The summed E-state index contributed by atoms with van der Waals surface area (Å²) >= 11 is 3.44. The molecule has 0 aromatic heterocycles. The molecule has 2 bridgehead atoms. The van der Waals surface area contributed by atoms with E-state index in [9.17, 15) is 5.11 Å². The largest absolute Gasteiger partial charge is 0.482 e. The predicted molar refractivity (Wildman–Crippen MR) is 121 cm³/mol. The molecule has 4 atom stereocenters. The van der Waals surface area contributed by atoms with E-state index in [0.29, 0.717) is 0 Å². The standard InChI is InChI=1S/C16H13BrO2.C10H8O/c17-13-7-3-4-8-14(13)19-15-10-9-11-5-1-2-6-12(11)16(15)18;1-2-4-8-7(3-1)9-5-6-10(8)11-9/h1-10,15-16,18H;1-6,9-10H/t15-,16-;/m1./s1. The van der Waals surface area contributed by atoms with E-state index in [-0.39, 0.29) is 18.3 Å². The van der Waals surface area contributed by atoms with Gasteiger partial charge < -0.3 is 14.6 Å². The van der Waals surface area contributed by atoms with Crippen LogP contribution < -0.4 is 4.74 Å². The van der Waals surface area contributed by atoms with Crippen LogP contribution in [0.25, 0.3) is 6.08 Å². The number of para-hydroxylation sites is 1. The SMILES string of the molecule is C1=CC2OC1c1ccccc12.O[C@@H]1c2ccccc2C=C[C@H]1Oc1ccccc1Br. The van der Waals surface area contributed by atoms with Crippen molar-refractivity contribution in [1.82, 2.24) is 0 Å². The van der Waals surface area contributed by atoms with E-state index in [4.69, 9.17) is 9.47 Å². The summed E-state index contributed by atoms with van der Waals surface area (Å²) in [5, 5.41) is 10.4. The van der Waals surface area contributed by atoms with E-state index < -0.39 is 6.10 Å². The molecule has 4 heteroatoms. The number of aliphatic hydroxyl groups excluding tert-OH is 1. The van der Waals surface area contributed by atoms with Crippen LogP contribution in [-0.2, 0) is 4.74 Å². The van der Waals surface area contributed by atoms with Gasteiger partial charge in [-0.05, 0) is 56.4 Å². The second-order valence-electron chi connectivity index (χ2n) is 7.44. The first-order valence-electron chi connectivity index (χ1n) is 10.00. The molecule has 3 aromatic rings. The van der Waals surface area contributed by atoms with Gasteiger partial charge in [-0.25, -0.2) is 0 Å². The Labute approximate surface area is 184 Å². The predicted octanol–water partition coefficient (Wildman–Crippen LogP) is 6.33. The third kappa shape index (κ3) is 3.63. The molecule has 1 aliphatic carbocycles. The fraction of sp³-hybridized carbons (Fsp3) is 0.154. The van der Waals surface area contributed by atoms with Gasteiger partial charge in [0.1, 0.15) is 30.2 Å². The lowest BCUT2D eigenvalue weighted by molar-refractivity contribution is 0.0619. The van der Waals surface area contributed by atoms with Crippen LogP contribution in [0.3, 0.4) is 0 Å². The van der Waals surface area contributed by atoms with E-state index in [1.54, 1.807) is 0 Å². The number of rotatable bonds is 2. The average Bonchev–Trinajstić information content (AvgIpc) is 3.41. The fourth-order valence-corrected chi connectivity index (χ4v) is 4.42. The summed E-state index contributed by atoms with van der Waals surface area (Å²) in [6.07, 6.45) is 7.63. The van der Waals surface area contributed by atoms with Gasteiger partial charge >= 0.3 is 0 Å². The normalized spacial score (nSPS) is 24.6. The van der Waals surface area contributed by atoms with Crippen LogP contribution in [-0.4, -0.2) is 11.2 Å². The van der Waals surface area contributed by atoms with Gasteiger partial charge in [0.15, 0.2) is 0 Å². The molecular formula is C26H21BrO3. The minimum Gasteiger partial charge on any atom is -0.482 e. The van der Waals surface area contributed by atoms with E-state index in [1.165, 1.54) is 11.1 Å². The molecule has 6 rings (SSSR count). The Morgan fingerprint density at radius 3 is 2.03 bits per heavy atom. The number of hydrogen-bond donors (Lipinski definition) is 1. The molecule has 3 nitrogen and oxygen atoms in total. The van der Waals surface area contributed by atoms with E-state index in [1.807, 2.05) is 60.7 Å². The summed E-state index contributed by atoms with van der Waals surface area (Å²) in [7, 11) is 0. The van der Waals surface area contributed by atoms with Gasteiger partial charge in [0, 0.05) is 0 Å². The maximum atomic E-state index is 10.4. The number of aliphatic hydroxyl groups is 1. The fourth-order valence-electron chi connectivity index (χ4n) is 4.04. The van der Waals surface area contributed by atoms with Crippen molar-refractivity contribution in [2.75, 3.05) is 0 Å². The van der Waals surface area contributed by atoms with Crippen molar-refractivity contribution in [1.29, 1.82) is 0 Å². The molecular weight excluding hydrogens is 440 g/mol. The van der Waals surface area contributed by atoms with Crippen molar-refractivity contribution >= 4 is 22.0 Å². The Hall–Kier alpha value is -2.66. The summed E-state index contributed by atoms with van der Waals surface area (Å²) < 4.78 is 12.4. The van der Waals surface area contributed by atoms with Gasteiger partial charge in [-0.1, -0.05) is 78.9 Å². The Balaban J connectivity index is 0.000000147. The van der Waals surface area contributed by atoms with Crippen LogP contribution in [0.15, 0.2) is 95.5 Å². The zero-order valence-electron chi connectivity index (χ0n) is 16.2. The first-order valence-corrected chi connectivity index (χ1v) is 10.8. The number of hydrogen-bond acceptors (Lipinski definition) is 3.